The zero-order chi connectivity index (χ0) is 15.1. The molecular formula is C14H12BrFN2O3. The van der Waals surface area contributed by atoms with Gasteiger partial charge in [0.05, 0.1) is 18.2 Å². The van der Waals surface area contributed by atoms with Crippen LogP contribution in [0.15, 0.2) is 27.5 Å². The van der Waals surface area contributed by atoms with E-state index < -0.39 is 12.1 Å². The standard InChI is InChI=1S/C14H12BrFN2O3/c1-21-12(19)6-18-14(20)8-3-2-7(15)4-9(8)13(17-18)10-5-11(10)16/h2-4,10-11H,5-6H2,1H3/t10-,11+/m0/s1. The molecule has 2 atom stereocenters. The van der Waals surface area contributed by atoms with E-state index in [0.717, 1.165) is 9.15 Å². The lowest BCUT2D eigenvalue weighted by Gasteiger charge is -2.10. The molecule has 5 nitrogen and oxygen atoms in total. The maximum Gasteiger partial charge on any atom is 0.327 e. The molecule has 1 aromatic heterocycles. The summed E-state index contributed by atoms with van der Waals surface area (Å²) in [5.74, 6) is -0.883. The van der Waals surface area contributed by atoms with E-state index in [9.17, 15) is 14.0 Å². The van der Waals surface area contributed by atoms with Crippen LogP contribution in [0.3, 0.4) is 0 Å². The third-order valence-corrected chi connectivity index (χ3v) is 4.01. The number of halogens is 2. The van der Waals surface area contributed by atoms with Gasteiger partial charge >= 0.3 is 5.97 Å². The second-order valence-corrected chi connectivity index (χ2v) is 5.89. The van der Waals surface area contributed by atoms with E-state index in [4.69, 9.17) is 0 Å². The molecule has 1 fully saturated rings. The Hall–Kier alpha value is -1.76. The predicted octanol–water partition coefficient (Wildman–Crippen LogP) is 2.16. The van der Waals surface area contributed by atoms with Gasteiger partial charge in [-0.25, -0.2) is 9.07 Å². The Morgan fingerprint density at radius 2 is 2.24 bits per heavy atom. The number of esters is 1. The maximum absolute atomic E-state index is 13.4. The summed E-state index contributed by atoms with van der Waals surface area (Å²) in [7, 11) is 1.24. The van der Waals surface area contributed by atoms with Crippen LogP contribution in [0.4, 0.5) is 4.39 Å². The summed E-state index contributed by atoms with van der Waals surface area (Å²) >= 11 is 3.34. The Morgan fingerprint density at radius 1 is 1.52 bits per heavy atom. The van der Waals surface area contributed by atoms with Gasteiger partial charge in [-0.1, -0.05) is 15.9 Å². The molecular weight excluding hydrogens is 343 g/mol. The lowest BCUT2D eigenvalue weighted by molar-refractivity contribution is -0.141. The van der Waals surface area contributed by atoms with Gasteiger partial charge in [0, 0.05) is 15.8 Å². The van der Waals surface area contributed by atoms with Crippen molar-refractivity contribution >= 4 is 32.7 Å². The first kappa shape index (κ1) is 14.2. The molecule has 1 aliphatic rings. The van der Waals surface area contributed by atoms with Gasteiger partial charge in [0.1, 0.15) is 12.7 Å². The average molecular weight is 355 g/mol. The molecule has 1 heterocycles. The molecule has 1 aromatic carbocycles. The number of ether oxygens (including phenoxy) is 1. The summed E-state index contributed by atoms with van der Waals surface area (Å²) in [6.07, 6.45) is -0.547. The van der Waals surface area contributed by atoms with Gasteiger partial charge in [-0.3, -0.25) is 9.59 Å². The molecule has 0 aliphatic heterocycles. The first-order valence-electron chi connectivity index (χ1n) is 6.42. The second-order valence-electron chi connectivity index (χ2n) is 4.97. The van der Waals surface area contributed by atoms with Gasteiger partial charge in [-0.05, 0) is 24.6 Å². The van der Waals surface area contributed by atoms with Gasteiger partial charge in [0.15, 0.2) is 0 Å². The fourth-order valence-electron chi connectivity index (χ4n) is 2.30. The number of methoxy groups -OCH3 is 1. The highest BCUT2D eigenvalue weighted by atomic mass is 79.9. The molecule has 0 amide bonds. The summed E-state index contributed by atoms with van der Waals surface area (Å²) < 4.78 is 19.8. The van der Waals surface area contributed by atoms with Gasteiger partial charge in [-0.2, -0.15) is 5.10 Å². The number of carbonyl (C=O) groups is 1. The number of carbonyl (C=O) groups excluding carboxylic acids is 1. The van der Waals surface area contributed by atoms with E-state index >= 15 is 0 Å². The van der Waals surface area contributed by atoms with E-state index in [-0.39, 0.29) is 18.0 Å². The largest absolute Gasteiger partial charge is 0.468 e. The molecule has 0 spiro atoms. The minimum atomic E-state index is -0.941. The van der Waals surface area contributed by atoms with Crippen molar-refractivity contribution in [1.82, 2.24) is 9.78 Å². The second kappa shape index (κ2) is 5.22. The van der Waals surface area contributed by atoms with Crippen LogP contribution in [-0.2, 0) is 16.1 Å². The molecule has 7 heteroatoms. The Morgan fingerprint density at radius 3 is 2.86 bits per heavy atom. The quantitative estimate of drug-likeness (QED) is 0.792. The minimum Gasteiger partial charge on any atom is -0.468 e. The average Bonchev–Trinajstić information content (AvgIpc) is 3.18. The molecule has 0 saturated heterocycles. The molecule has 2 aromatic rings. The van der Waals surface area contributed by atoms with Crippen LogP contribution in [0.2, 0.25) is 0 Å². The maximum atomic E-state index is 13.4. The van der Waals surface area contributed by atoms with E-state index in [1.165, 1.54) is 7.11 Å². The number of benzene rings is 1. The van der Waals surface area contributed by atoms with Gasteiger partial charge in [-0.15, -0.1) is 0 Å². The lowest BCUT2D eigenvalue weighted by atomic mass is 10.1. The first-order chi connectivity index (χ1) is 10.0. The molecule has 21 heavy (non-hydrogen) atoms. The molecule has 0 N–H and O–H groups in total. The number of fused-ring (bicyclic) bond motifs is 1. The lowest BCUT2D eigenvalue weighted by Crippen LogP contribution is -2.28. The van der Waals surface area contributed by atoms with Crippen LogP contribution in [0, 0.1) is 0 Å². The molecule has 0 radical (unpaired) electrons. The highest BCUT2D eigenvalue weighted by molar-refractivity contribution is 9.10. The van der Waals surface area contributed by atoms with E-state index in [1.54, 1.807) is 18.2 Å². The minimum absolute atomic E-state index is 0.280. The van der Waals surface area contributed by atoms with Crippen molar-refractivity contribution in [3.63, 3.8) is 0 Å². The van der Waals surface area contributed by atoms with Crippen molar-refractivity contribution in [1.29, 1.82) is 0 Å². The first-order valence-corrected chi connectivity index (χ1v) is 7.21. The van der Waals surface area contributed by atoms with E-state index in [2.05, 4.69) is 25.8 Å². The zero-order valence-electron chi connectivity index (χ0n) is 11.2. The fraction of sp³-hybridized carbons (Fsp3) is 0.357. The zero-order valence-corrected chi connectivity index (χ0v) is 12.8. The van der Waals surface area contributed by atoms with Gasteiger partial charge in [0.25, 0.3) is 5.56 Å². The number of hydrogen-bond acceptors (Lipinski definition) is 4. The van der Waals surface area contributed by atoms with Crippen LogP contribution >= 0.6 is 15.9 Å². The number of alkyl halides is 1. The van der Waals surface area contributed by atoms with Crippen molar-refractivity contribution in [3.05, 3.63) is 38.7 Å². The number of nitrogens with zero attached hydrogens (tertiary/aromatic N) is 2. The van der Waals surface area contributed by atoms with Gasteiger partial charge < -0.3 is 4.74 Å². The number of hydrogen-bond donors (Lipinski definition) is 0. The SMILES string of the molecule is COC(=O)Cn1nc([C@H]2C[C@H]2F)c2cc(Br)ccc2c1=O. The molecule has 0 bridgehead atoms. The van der Waals surface area contributed by atoms with E-state index in [1.807, 2.05) is 0 Å². The van der Waals surface area contributed by atoms with Crippen LogP contribution in [0.5, 0.6) is 0 Å². The summed E-state index contributed by atoms with van der Waals surface area (Å²) in [6.45, 7) is -0.280. The molecule has 1 aliphatic carbocycles. The van der Waals surface area contributed by atoms with Crippen molar-refractivity contribution in [2.24, 2.45) is 0 Å². The summed E-state index contributed by atoms with van der Waals surface area (Å²) in [5, 5.41) is 5.23. The molecule has 0 unspecified atom stereocenters. The van der Waals surface area contributed by atoms with Crippen molar-refractivity contribution in [2.75, 3.05) is 7.11 Å². The summed E-state index contributed by atoms with van der Waals surface area (Å²) in [4.78, 5) is 23.7. The van der Waals surface area contributed by atoms with Crippen LogP contribution in [-0.4, -0.2) is 29.0 Å². The predicted molar refractivity (Wildman–Crippen MR) is 78.0 cm³/mol. The van der Waals surface area contributed by atoms with Crippen molar-refractivity contribution in [3.8, 4) is 0 Å². The number of rotatable bonds is 3. The summed E-state index contributed by atoms with van der Waals surface area (Å²) in [5.41, 5.74) is 0.130. The smallest absolute Gasteiger partial charge is 0.327 e. The Bertz CT molecular complexity index is 790. The Balaban J connectivity index is 2.22. The number of aromatic nitrogens is 2. The van der Waals surface area contributed by atoms with Gasteiger partial charge in [0.2, 0.25) is 0 Å². The topological polar surface area (TPSA) is 61.2 Å². The highest BCUT2D eigenvalue weighted by Gasteiger charge is 2.41. The monoisotopic (exact) mass is 354 g/mol. The Kier molecular flexibility index (Phi) is 3.52. The Labute approximate surface area is 127 Å². The highest BCUT2D eigenvalue weighted by Crippen LogP contribution is 2.44. The van der Waals surface area contributed by atoms with Crippen LogP contribution < -0.4 is 5.56 Å². The normalized spacial score (nSPS) is 20.5. The third kappa shape index (κ3) is 2.57. The molecule has 110 valence electrons. The van der Waals surface area contributed by atoms with Crippen molar-refractivity contribution in [2.45, 2.75) is 25.1 Å². The fourth-order valence-corrected chi connectivity index (χ4v) is 2.66. The molecule has 1 saturated carbocycles. The van der Waals surface area contributed by atoms with E-state index in [0.29, 0.717) is 22.9 Å². The summed E-state index contributed by atoms with van der Waals surface area (Å²) in [6, 6.07) is 5.14. The van der Waals surface area contributed by atoms with Crippen molar-refractivity contribution < 1.29 is 13.9 Å². The third-order valence-electron chi connectivity index (χ3n) is 3.52. The van der Waals surface area contributed by atoms with Crippen LogP contribution in [0.1, 0.15) is 18.0 Å². The van der Waals surface area contributed by atoms with Crippen LogP contribution in [0.25, 0.3) is 10.8 Å². The molecule has 3 rings (SSSR count).